The SMILES string of the molecule is C#CC(CCC)NC(C)C(OC)OC. The maximum absolute atomic E-state index is 5.40. The summed E-state index contributed by atoms with van der Waals surface area (Å²) in [6.45, 7) is 4.11. The first kappa shape index (κ1) is 13.4. The lowest BCUT2D eigenvalue weighted by Gasteiger charge is -2.25. The van der Waals surface area contributed by atoms with E-state index in [1.807, 2.05) is 6.92 Å². The molecule has 0 saturated carbocycles. The summed E-state index contributed by atoms with van der Waals surface area (Å²) < 4.78 is 10.3. The Bertz CT molecular complexity index is 173. The van der Waals surface area contributed by atoms with Crippen molar-refractivity contribution in [3.63, 3.8) is 0 Å². The molecule has 0 rings (SSSR count). The topological polar surface area (TPSA) is 30.5 Å². The van der Waals surface area contributed by atoms with Gasteiger partial charge in [-0.2, -0.15) is 0 Å². The molecular weight excluding hydrogens is 178 g/mol. The van der Waals surface area contributed by atoms with Crippen LogP contribution in [-0.2, 0) is 9.47 Å². The van der Waals surface area contributed by atoms with Gasteiger partial charge in [0.2, 0.25) is 0 Å². The predicted molar refractivity (Wildman–Crippen MR) is 57.9 cm³/mol. The summed E-state index contributed by atoms with van der Waals surface area (Å²) >= 11 is 0. The minimum absolute atomic E-state index is 0.0950. The van der Waals surface area contributed by atoms with Crippen LogP contribution in [0, 0.1) is 12.3 Å². The van der Waals surface area contributed by atoms with Gasteiger partial charge in [-0.1, -0.05) is 19.3 Å². The van der Waals surface area contributed by atoms with Crippen LogP contribution in [-0.4, -0.2) is 32.6 Å². The van der Waals surface area contributed by atoms with E-state index in [1.165, 1.54) is 0 Å². The molecule has 2 atom stereocenters. The molecule has 0 fully saturated rings. The molecule has 0 aliphatic heterocycles. The van der Waals surface area contributed by atoms with E-state index in [9.17, 15) is 0 Å². The van der Waals surface area contributed by atoms with Crippen LogP contribution in [0.4, 0.5) is 0 Å². The first-order valence-electron chi connectivity index (χ1n) is 4.97. The molecule has 0 aromatic carbocycles. The van der Waals surface area contributed by atoms with Crippen molar-refractivity contribution in [1.29, 1.82) is 0 Å². The van der Waals surface area contributed by atoms with Gasteiger partial charge in [-0.3, -0.25) is 5.32 Å². The molecule has 14 heavy (non-hydrogen) atoms. The maximum Gasteiger partial charge on any atom is 0.171 e. The molecule has 0 spiro atoms. The highest BCUT2D eigenvalue weighted by Crippen LogP contribution is 2.02. The number of methoxy groups -OCH3 is 2. The van der Waals surface area contributed by atoms with Gasteiger partial charge in [0.05, 0.1) is 12.1 Å². The zero-order chi connectivity index (χ0) is 11.0. The van der Waals surface area contributed by atoms with Crippen molar-refractivity contribution >= 4 is 0 Å². The Hall–Kier alpha value is -0.560. The second kappa shape index (κ2) is 7.81. The Morgan fingerprint density at radius 3 is 2.29 bits per heavy atom. The van der Waals surface area contributed by atoms with E-state index in [1.54, 1.807) is 14.2 Å². The van der Waals surface area contributed by atoms with Crippen molar-refractivity contribution in [2.45, 2.75) is 45.1 Å². The average Bonchev–Trinajstić information content (AvgIpc) is 2.19. The van der Waals surface area contributed by atoms with E-state index in [0.717, 1.165) is 12.8 Å². The zero-order valence-electron chi connectivity index (χ0n) is 9.54. The largest absolute Gasteiger partial charge is 0.354 e. The monoisotopic (exact) mass is 199 g/mol. The Morgan fingerprint density at radius 2 is 1.93 bits per heavy atom. The van der Waals surface area contributed by atoms with Gasteiger partial charge in [-0.05, 0) is 13.3 Å². The van der Waals surface area contributed by atoms with Gasteiger partial charge in [0.25, 0.3) is 0 Å². The Morgan fingerprint density at radius 1 is 1.36 bits per heavy atom. The fraction of sp³-hybridized carbons (Fsp3) is 0.818. The van der Waals surface area contributed by atoms with Gasteiger partial charge < -0.3 is 9.47 Å². The smallest absolute Gasteiger partial charge is 0.171 e. The molecule has 0 heterocycles. The third-order valence-corrected chi connectivity index (χ3v) is 2.12. The molecule has 0 radical (unpaired) electrons. The van der Waals surface area contributed by atoms with Crippen LogP contribution >= 0.6 is 0 Å². The highest BCUT2D eigenvalue weighted by atomic mass is 16.7. The van der Waals surface area contributed by atoms with Crippen molar-refractivity contribution in [2.24, 2.45) is 0 Å². The summed E-state index contributed by atoms with van der Waals surface area (Å²) in [4.78, 5) is 0. The Balaban J connectivity index is 4.00. The third-order valence-electron chi connectivity index (χ3n) is 2.12. The summed E-state index contributed by atoms with van der Waals surface area (Å²) in [6, 6.07) is 0.195. The lowest BCUT2D eigenvalue weighted by molar-refractivity contribution is -0.120. The predicted octanol–water partition coefficient (Wildman–Crippen LogP) is 1.39. The quantitative estimate of drug-likeness (QED) is 0.496. The Labute approximate surface area is 87.2 Å². The van der Waals surface area contributed by atoms with Gasteiger partial charge in [0, 0.05) is 14.2 Å². The summed E-state index contributed by atoms with van der Waals surface area (Å²) in [5.74, 6) is 2.71. The molecule has 0 aromatic heterocycles. The van der Waals surface area contributed by atoms with Crippen LogP contribution in [0.15, 0.2) is 0 Å². The molecule has 0 saturated heterocycles. The molecule has 82 valence electrons. The summed E-state index contributed by atoms with van der Waals surface area (Å²) in [6.07, 6.45) is 7.19. The van der Waals surface area contributed by atoms with Crippen LogP contribution in [0.2, 0.25) is 0 Å². The van der Waals surface area contributed by atoms with Crippen molar-refractivity contribution in [3.8, 4) is 12.3 Å². The van der Waals surface area contributed by atoms with E-state index >= 15 is 0 Å². The standard InChI is InChI=1S/C11H21NO2/c1-6-8-10(7-2)12-9(3)11(13-4)14-5/h2,9-12H,6,8H2,1,3-5H3. The van der Waals surface area contributed by atoms with E-state index in [0.29, 0.717) is 0 Å². The van der Waals surface area contributed by atoms with Crippen molar-refractivity contribution in [2.75, 3.05) is 14.2 Å². The number of hydrogen-bond donors (Lipinski definition) is 1. The highest BCUT2D eigenvalue weighted by molar-refractivity contribution is 4.99. The number of hydrogen-bond acceptors (Lipinski definition) is 3. The van der Waals surface area contributed by atoms with E-state index < -0.39 is 0 Å². The van der Waals surface area contributed by atoms with E-state index in [4.69, 9.17) is 15.9 Å². The number of nitrogens with one attached hydrogen (secondary N) is 1. The summed E-state index contributed by atoms with van der Waals surface area (Å²) in [7, 11) is 3.24. The molecule has 3 heteroatoms. The Kier molecular flexibility index (Phi) is 7.50. The molecule has 0 aliphatic carbocycles. The van der Waals surface area contributed by atoms with Gasteiger partial charge >= 0.3 is 0 Å². The van der Waals surface area contributed by atoms with Crippen LogP contribution in [0.5, 0.6) is 0 Å². The molecule has 0 aliphatic rings. The first-order valence-corrected chi connectivity index (χ1v) is 4.97. The average molecular weight is 199 g/mol. The molecule has 0 aromatic rings. The van der Waals surface area contributed by atoms with Crippen molar-refractivity contribution in [1.82, 2.24) is 5.32 Å². The molecular formula is C11H21NO2. The van der Waals surface area contributed by atoms with Gasteiger partial charge in [0.15, 0.2) is 6.29 Å². The fourth-order valence-electron chi connectivity index (χ4n) is 1.40. The van der Waals surface area contributed by atoms with Gasteiger partial charge in [-0.15, -0.1) is 6.42 Å². The maximum atomic E-state index is 5.40. The lowest BCUT2D eigenvalue weighted by atomic mass is 10.1. The number of terminal acetylenes is 1. The minimum atomic E-state index is -0.247. The normalized spacial score (nSPS) is 15.1. The number of ether oxygens (including phenoxy) is 2. The lowest BCUT2D eigenvalue weighted by Crippen LogP contribution is -2.44. The minimum Gasteiger partial charge on any atom is -0.354 e. The second-order valence-electron chi connectivity index (χ2n) is 3.30. The van der Waals surface area contributed by atoms with Crippen LogP contribution in [0.1, 0.15) is 26.7 Å². The van der Waals surface area contributed by atoms with Gasteiger partial charge in [0.1, 0.15) is 0 Å². The highest BCUT2D eigenvalue weighted by Gasteiger charge is 2.17. The zero-order valence-corrected chi connectivity index (χ0v) is 9.54. The van der Waals surface area contributed by atoms with Crippen LogP contribution in [0.3, 0.4) is 0 Å². The van der Waals surface area contributed by atoms with Crippen molar-refractivity contribution < 1.29 is 9.47 Å². The van der Waals surface area contributed by atoms with Crippen LogP contribution in [0.25, 0.3) is 0 Å². The molecule has 1 N–H and O–H groups in total. The molecule has 0 bridgehead atoms. The van der Waals surface area contributed by atoms with Crippen LogP contribution < -0.4 is 5.32 Å². The van der Waals surface area contributed by atoms with E-state index in [2.05, 4.69) is 18.2 Å². The summed E-state index contributed by atoms with van der Waals surface area (Å²) in [5.41, 5.74) is 0. The third kappa shape index (κ3) is 4.61. The number of rotatable bonds is 7. The molecule has 3 nitrogen and oxygen atoms in total. The van der Waals surface area contributed by atoms with Gasteiger partial charge in [-0.25, -0.2) is 0 Å². The van der Waals surface area contributed by atoms with Crippen molar-refractivity contribution in [3.05, 3.63) is 0 Å². The second-order valence-corrected chi connectivity index (χ2v) is 3.30. The first-order chi connectivity index (χ1) is 6.69. The van der Waals surface area contributed by atoms with E-state index in [-0.39, 0.29) is 18.4 Å². The summed E-state index contributed by atoms with van der Waals surface area (Å²) in [5, 5.41) is 3.28. The fourth-order valence-corrected chi connectivity index (χ4v) is 1.40. The molecule has 0 amide bonds. The molecule has 2 unspecified atom stereocenters.